The third kappa shape index (κ3) is 9.21. The Balaban J connectivity index is 1.20. The minimum absolute atomic E-state index is 0.0505. The van der Waals surface area contributed by atoms with Gasteiger partial charge in [-0.3, -0.25) is 24.5 Å². The summed E-state index contributed by atoms with van der Waals surface area (Å²) in [7, 11) is 0. The van der Waals surface area contributed by atoms with Crippen LogP contribution < -0.4 is 16.0 Å². The largest absolute Gasteiger partial charge is 0.321 e. The molecule has 0 aliphatic carbocycles. The Hall–Kier alpha value is -6.37. The standard InChI is InChI=1S/C39H29N5O5S2/c45-36(28-16-8-3-9-17-28)41-33(22-26-12-4-1-5-13-26)37(46)40-30-19-11-21-32(24-30)51-35(27-14-6-2-7-15-27)38(47)43-39-42-34(25-50-39)29-18-10-20-31(23-29)44(48)49/h1-25,35H,(H,40,46)(H,41,45)(H,42,43,47)/b33-22-. The second kappa shape index (κ2) is 16.4. The van der Waals surface area contributed by atoms with Gasteiger partial charge in [-0.1, -0.05) is 97.1 Å². The van der Waals surface area contributed by atoms with E-state index in [1.54, 1.807) is 72.1 Å². The van der Waals surface area contributed by atoms with Crippen LogP contribution in [0.5, 0.6) is 0 Å². The zero-order valence-electron chi connectivity index (χ0n) is 26.8. The molecular weight excluding hydrogens is 683 g/mol. The second-order valence-electron chi connectivity index (χ2n) is 11.0. The minimum Gasteiger partial charge on any atom is -0.321 e. The third-order valence-corrected chi connectivity index (χ3v) is 9.42. The SMILES string of the molecule is O=C(Nc1cccc(SC(C(=O)Nc2nc(-c3cccc([N+](=O)[O-])c3)cs2)c2ccccc2)c1)/C(=C/c1ccccc1)NC(=O)c1ccccc1. The Morgan fingerprint density at radius 3 is 2.20 bits per heavy atom. The van der Waals surface area contributed by atoms with Gasteiger partial charge in [-0.2, -0.15) is 0 Å². The molecule has 51 heavy (non-hydrogen) atoms. The lowest BCUT2D eigenvalue weighted by Gasteiger charge is -2.17. The van der Waals surface area contributed by atoms with Gasteiger partial charge in [0.25, 0.3) is 17.5 Å². The molecule has 0 aliphatic rings. The Morgan fingerprint density at radius 2 is 1.47 bits per heavy atom. The number of nitro benzene ring substituents is 1. The number of nitrogens with one attached hydrogen (secondary N) is 3. The Labute approximate surface area is 301 Å². The summed E-state index contributed by atoms with van der Waals surface area (Å²) in [5, 5.41) is 21.2. The maximum atomic E-state index is 13.8. The van der Waals surface area contributed by atoms with E-state index in [1.807, 2.05) is 66.7 Å². The molecule has 0 fully saturated rings. The summed E-state index contributed by atoms with van der Waals surface area (Å²) >= 11 is 2.51. The van der Waals surface area contributed by atoms with Gasteiger partial charge in [0.15, 0.2) is 5.13 Å². The van der Waals surface area contributed by atoms with Gasteiger partial charge < -0.3 is 16.0 Å². The van der Waals surface area contributed by atoms with E-state index in [0.717, 1.165) is 11.1 Å². The first-order valence-electron chi connectivity index (χ1n) is 15.6. The highest BCUT2D eigenvalue weighted by atomic mass is 32.2. The first-order valence-corrected chi connectivity index (χ1v) is 17.4. The highest BCUT2D eigenvalue weighted by Crippen LogP contribution is 2.38. The van der Waals surface area contributed by atoms with Crippen LogP contribution in [-0.4, -0.2) is 27.6 Å². The molecule has 0 radical (unpaired) electrons. The van der Waals surface area contributed by atoms with Gasteiger partial charge in [-0.05, 0) is 47.5 Å². The average Bonchev–Trinajstić information content (AvgIpc) is 3.63. The molecule has 6 rings (SSSR count). The number of amides is 3. The van der Waals surface area contributed by atoms with Crippen molar-refractivity contribution in [2.45, 2.75) is 10.1 Å². The number of nitrogens with zero attached hydrogens (tertiary/aromatic N) is 2. The third-order valence-electron chi connectivity index (χ3n) is 7.41. The van der Waals surface area contributed by atoms with Crippen molar-refractivity contribution in [1.82, 2.24) is 10.3 Å². The summed E-state index contributed by atoms with van der Waals surface area (Å²) in [5.74, 6) is -1.27. The molecule has 5 aromatic carbocycles. The summed E-state index contributed by atoms with van der Waals surface area (Å²) in [6, 6.07) is 40.3. The van der Waals surface area contributed by atoms with E-state index in [9.17, 15) is 24.5 Å². The normalized spacial score (nSPS) is 11.6. The number of rotatable bonds is 12. The number of carbonyl (C=O) groups is 3. The molecule has 1 heterocycles. The van der Waals surface area contributed by atoms with E-state index in [1.165, 1.54) is 35.2 Å². The monoisotopic (exact) mass is 711 g/mol. The predicted octanol–water partition coefficient (Wildman–Crippen LogP) is 8.60. The van der Waals surface area contributed by atoms with Crippen LogP contribution in [-0.2, 0) is 9.59 Å². The number of benzene rings is 5. The summed E-state index contributed by atoms with van der Waals surface area (Å²) in [6.45, 7) is 0. The van der Waals surface area contributed by atoms with E-state index in [4.69, 9.17) is 0 Å². The molecular formula is C39H29N5O5S2. The summed E-state index contributed by atoms with van der Waals surface area (Å²) in [4.78, 5) is 56.4. The number of carbonyl (C=O) groups excluding carboxylic acids is 3. The molecule has 6 aromatic rings. The van der Waals surface area contributed by atoms with Crippen molar-refractivity contribution >= 4 is 63.4 Å². The zero-order chi connectivity index (χ0) is 35.6. The Kier molecular flexibility index (Phi) is 11.1. The number of hydrogen-bond donors (Lipinski definition) is 3. The fourth-order valence-corrected chi connectivity index (χ4v) is 6.76. The Morgan fingerprint density at radius 1 is 0.784 bits per heavy atom. The van der Waals surface area contributed by atoms with Gasteiger partial charge in [0.05, 0.1) is 10.6 Å². The lowest BCUT2D eigenvalue weighted by molar-refractivity contribution is -0.384. The highest BCUT2D eigenvalue weighted by Gasteiger charge is 2.24. The molecule has 0 bridgehead atoms. The van der Waals surface area contributed by atoms with Crippen LogP contribution in [0.15, 0.2) is 155 Å². The molecule has 3 amide bonds. The molecule has 10 nitrogen and oxygen atoms in total. The minimum atomic E-state index is -0.694. The predicted molar refractivity (Wildman–Crippen MR) is 201 cm³/mol. The van der Waals surface area contributed by atoms with E-state index in [-0.39, 0.29) is 17.3 Å². The second-order valence-corrected chi connectivity index (χ2v) is 13.1. The van der Waals surface area contributed by atoms with Crippen LogP contribution in [0.25, 0.3) is 17.3 Å². The van der Waals surface area contributed by atoms with Gasteiger partial charge in [0, 0.05) is 39.2 Å². The maximum Gasteiger partial charge on any atom is 0.272 e. The van der Waals surface area contributed by atoms with Crippen molar-refractivity contribution in [1.29, 1.82) is 0 Å². The molecule has 0 spiro atoms. The zero-order valence-corrected chi connectivity index (χ0v) is 28.4. The highest BCUT2D eigenvalue weighted by molar-refractivity contribution is 8.00. The molecule has 0 saturated carbocycles. The summed E-state index contributed by atoms with van der Waals surface area (Å²) < 4.78 is 0. The maximum absolute atomic E-state index is 13.8. The molecule has 252 valence electrons. The number of thiazole rings is 1. The Bertz CT molecular complexity index is 2210. The van der Waals surface area contributed by atoms with Gasteiger partial charge in [-0.15, -0.1) is 23.1 Å². The van der Waals surface area contributed by atoms with E-state index >= 15 is 0 Å². The van der Waals surface area contributed by atoms with Crippen molar-refractivity contribution in [3.05, 3.63) is 177 Å². The van der Waals surface area contributed by atoms with Crippen LogP contribution in [0.2, 0.25) is 0 Å². The van der Waals surface area contributed by atoms with Gasteiger partial charge >= 0.3 is 0 Å². The summed E-state index contributed by atoms with van der Waals surface area (Å²) in [5.41, 5.74) is 3.43. The van der Waals surface area contributed by atoms with E-state index < -0.39 is 22.0 Å². The van der Waals surface area contributed by atoms with Crippen LogP contribution in [0.4, 0.5) is 16.5 Å². The number of aromatic nitrogens is 1. The van der Waals surface area contributed by atoms with E-state index in [0.29, 0.717) is 32.5 Å². The quantitative estimate of drug-likeness (QED) is 0.0499. The van der Waals surface area contributed by atoms with Crippen molar-refractivity contribution < 1.29 is 19.3 Å². The van der Waals surface area contributed by atoms with Crippen LogP contribution in [0, 0.1) is 10.1 Å². The number of non-ortho nitro benzene ring substituents is 1. The van der Waals surface area contributed by atoms with E-state index in [2.05, 4.69) is 20.9 Å². The van der Waals surface area contributed by atoms with Crippen molar-refractivity contribution in [2.75, 3.05) is 10.6 Å². The first kappa shape index (κ1) is 34.5. The first-order chi connectivity index (χ1) is 24.8. The molecule has 0 saturated heterocycles. The fraction of sp³-hybridized carbons (Fsp3) is 0.0256. The fourth-order valence-electron chi connectivity index (χ4n) is 4.95. The molecule has 1 aromatic heterocycles. The van der Waals surface area contributed by atoms with Gasteiger partial charge in [0.1, 0.15) is 10.9 Å². The smallest absolute Gasteiger partial charge is 0.272 e. The number of anilines is 2. The van der Waals surface area contributed by atoms with Gasteiger partial charge in [0.2, 0.25) is 5.91 Å². The molecule has 12 heteroatoms. The molecule has 0 aliphatic heterocycles. The average molecular weight is 712 g/mol. The number of thioether (sulfide) groups is 1. The van der Waals surface area contributed by atoms with Crippen LogP contribution in [0.3, 0.4) is 0 Å². The molecule has 1 unspecified atom stereocenters. The molecule has 3 N–H and O–H groups in total. The van der Waals surface area contributed by atoms with Crippen molar-refractivity contribution in [3.8, 4) is 11.3 Å². The number of hydrogen-bond acceptors (Lipinski definition) is 8. The number of nitro groups is 1. The topological polar surface area (TPSA) is 143 Å². The lowest BCUT2D eigenvalue weighted by Crippen LogP contribution is -2.30. The molecule has 1 atom stereocenters. The van der Waals surface area contributed by atoms with Gasteiger partial charge in [-0.25, -0.2) is 4.98 Å². The summed E-state index contributed by atoms with van der Waals surface area (Å²) in [6.07, 6.45) is 1.60. The van der Waals surface area contributed by atoms with Crippen molar-refractivity contribution in [2.24, 2.45) is 0 Å². The van der Waals surface area contributed by atoms with Crippen LogP contribution in [0.1, 0.15) is 26.7 Å². The lowest BCUT2D eigenvalue weighted by atomic mass is 10.1. The van der Waals surface area contributed by atoms with Crippen LogP contribution >= 0.6 is 23.1 Å². The van der Waals surface area contributed by atoms with Crippen molar-refractivity contribution in [3.63, 3.8) is 0 Å².